The summed E-state index contributed by atoms with van der Waals surface area (Å²) in [7, 11) is -3.44. The molecule has 4 rings (SSSR count). The SMILES string of the molecule is CS(=O)(=O)Nc1ccc(-n2cccn2)c(COc2cc3cc(F)ccc3nc2N)c1. The summed E-state index contributed by atoms with van der Waals surface area (Å²) in [6.07, 6.45) is 4.47. The van der Waals surface area contributed by atoms with E-state index >= 15 is 0 Å². The molecule has 2 aromatic heterocycles. The van der Waals surface area contributed by atoms with Gasteiger partial charge in [-0.05, 0) is 48.5 Å². The molecule has 0 amide bonds. The predicted molar refractivity (Wildman–Crippen MR) is 112 cm³/mol. The van der Waals surface area contributed by atoms with Gasteiger partial charge in [0.05, 0.1) is 17.5 Å². The Morgan fingerprint density at radius 3 is 2.77 bits per heavy atom. The van der Waals surface area contributed by atoms with E-state index < -0.39 is 10.0 Å². The first-order chi connectivity index (χ1) is 14.3. The van der Waals surface area contributed by atoms with Gasteiger partial charge in [0.15, 0.2) is 11.6 Å². The number of benzene rings is 2. The van der Waals surface area contributed by atoms with Gasteiger partial charge in [0.1, 0.15) is 12.4 Å². The van der Waals surface area contributed by atoms with Gasteiger partial charge >= 0.3 is 0 Å². The van der Waals surface area contributed by atoms with Gasteiger partial charge < -0.3 is 10.5 Å². The van der Waals surface area contributed by atoms with Crippen molar-refractivity contribution in [3.05, 3.63) is 72.3 Å². The number of hydrogen-bond acceptors (Lipinski definition) is 6. The Morgan fingerprint density at radius 2 is 2.03 bits per heavy atom. The average molecular weight is 427 g/mol. The molecule has 4 aromatic rings. The molecule has 3 N–H and O–H groups in total. The van der Waals surface area contributed by atoms with Crippen LogP contribution >= 0.6 is 0 Å². The van der Waals surface area contributed by atoms with Crippen molar-refractivity contribution in [2.75, 3.05) is 16.7 Å². The van der Waals surface area contributed by atoms with E-state index in [0.29, 0.717) is 33.6 Å². The van der Waals surface area contributed by atoms with Crippen LogP contribution in [0.15, 0.2) is 60.9 Å². The van der Waals surface area contributed by atoms with Gasteiger partial charge in [-0.25, -0.2) is 22.5 Å². The zero-order valence-corrected chi connectivity index (χ0v) is 16.7. The summed E-state index contributed by atoms with van der Waals surface area (Å²) in [5.41, 5.74) is 8.30. The number of aromatic nitrogens is 3. The lowest BCUT2D eigenvalue weighted by Gasteiger charge is -2.15. The Morgan fingerprint density at radius 1 is 1.20 bits per heavy atom. The largest absolute Gasteiger partial charge is 0.485 e. The second kappa shape index (κ2) is 7.64. The lowest BCUT2D eigenvalue weighted by atomic mass is 10.1. The number of nitrogen functional groups attached to an aromatic ring is 1. The summed E-state index contributed by atoms with van der Waals surface area (Å²) in [5, 5.41) is 4.77. The molecule has 0 fully saturated rings. The van der Waals surface area contributed by atoms with Crippen LogP contribution in [-0.4, -0.2) is 29.4 Å². The number of pyridine rings is 1. The molecule has 0 spiro atoms. The van der Waals surface area contributed by atoms with Gasteiger partial charge in [-0.15, -0.1) is 0 Å². The molecular weight excluding hydrogens is 409 g/mol. The van der Waals surface area contributed by atoms with Gasteiger partial charge in [0.25, 0.3) is 0 Å². The van der Waals surface area contributed by atoms with E-state index in [1.165, 1.54) is 12.1 Å². The van der Waals surface area contributed by atoms with Gasteiger partial charge in [-0.3, -0.25) is 4.72 Å². The number of nitrogens with two attached hydrogens (primary N) is 1. The van der Waals surface area contributed by atoms with Gasteiger partial charge in [-0.2, -0.15) is 5.10 Å². The van der Waals surface area contributed by atoms with Crippen molar-refractivity contribution in [2.24, 2.45) is 0 Å². The van der Waals surface area contributed by atoms with E-state index in [1.54, 1.807) is 53.5 Å². The Labute approximate surface area is 172 Å². The topological polar surface area (TPSA) is 112 Å². The first kappa shape index (κ1) is 19.6. The molecule has 0 atom stereocenters. The van der Waals surface area contributed by atoms with E-state index in [4.69, 9.17) is 10.5 Å². The average Bonchev–Trinajstić information content (AvgIpc) is 3.20. The van der Waals surface area contributed by atoms with Crippen LogP contribution in [0.2, 0.25) is 0 Å². The molecule has 0 aliphatic heterocycles. The number of hydrogen-bond donors (Lipinski definition) is 2. The van der Waals surface area contributed by atoms with Gasteiger partial charge in [0, 0.05) is 29.0 Å². The Hall–Kier alpha value is -3.66. The van der Waals surface area contributed by atoms with Crippen LogP contribution in [0.5, 0.6) is 5.75 Å². The monoisotopic (exact) mass is 427 g/mol. The molecule has 0 saturated carbocycles. The standard InChI is InChI=1S/C20H18FN5O3S/c1-30(27,28)25-16-4-6-18(26-8-2-7-23-26)14(10-16)12-29-19-11-13-9-15(21)3-5-17(13)24-20(19)22/h2-11,25H,12H2,1H3,(H2,22,24). The maximum Gasteiger partial charge on any atom is 0.229 e. The molecule has 0 saturated heterocycles. The number of fused-ring (bicyclic) bond motifs is 1. The number of halogens is 1. The van der Waals surface area contributed by atoms with Crippen molar-refractivity contribution in [3.8, 4) is 11.4 Å². The van der Waals surface area contributed by atoms with Crippen LogP contribution in [0.1, 0.15) is 5.56 Å². The molecule has 0 radical (unpaired) electrons. The first-order valence-corrected chi connectivity index (χ1v) is 10.8. The summed E-state index contributed by atoms with van der Waals surface area (Å²) in [5.74, 6) is 0.0710. The van der Waals surface area contributed by atoms with E-state index in [-0.39, 0.29) is 18.2 Å². The quantitative estimate of drug-likeness (QED) is 0.489. The fourth-order valence-corrected chi connectivity index (χ4v) is 3.58. The van der Waals surface area contributed by atoms with E-state index in [1.807, 2.05) is 0 Å². The third kappa shape index (κ3) is 4.33. The molecule has 0 aliphatic rings. The highest BCUT2D eigenvalue weighted by Gasteiger charge is 2.12. The van der Waals surface area contributed by atoms with Crippen LogP contribution in [-0.2, 0) is 16.6 Å². The maximum absolute atomic E-state index is 13.5. The minimum Gasteiger partial charge on any atom is -0.485 e. The van der Waals surface area contributed by atoms with E-state index in [2.05, 4.69) is 14.8 Å². The Bertz CT molecular complexity index is 1320. The van der Waals surface area contributed by atoms with Crippen molar-refractivity contribution in [2.45, 2.75) is 6.61 Å². The molecule has 0 unspecified atom stereocenters. The number of nitrogens with one attached hydrogen (secondary N) is 1. The highest BCUT2D eigenvalue weighted by Crippen LogP contribution is 2.28. The first-order valence-electron chi connectivity index (χ1n) is 8.88. The second-order valence-electron chi connectivity index (χ2n) is 6.67. The van der Waals surface area contributed by atoms with Crippen molar-refractivity contribution in [3.63, 3.8) is 0 Å². The predicted octanol–water partition coefficient (Wildman–Crippen LogP) is 3.09. The molecule has 30 heavy (non-hydrogen) atoms. The second-order valence-corrected chi connectivity index (χ2v) is 8.41. The summed E-state index contributed by atoms with van der Waals surface area (Å²) in [6.45, 7) is 0.0567. The fourth-order valence-electron chi connectivity index (χ4n) is 3.03. The highest BCUT2D eigenvalue weighted by atomic mass is 32.2. The Kier molecular flexibility index (Phi) is 5.00. The summed E-state index contributed by atoms with van der Waals surface area (Å²) < 4.78 is 46.7. The highest BCUT2D eigenvalue weighted by molar-refractivity contribution is 7.92. The number of rotatable bonds is 6. The molecule has 154 valence electrons. The summed E-state index contributed by atoms with van der Waals surface area (Å²) in [6, 6.07) is 12.6. The third-order valence-corrected chi connectivity index (χ3v) is 4.89. The van der Waals surface area contributed by atoms with Crippen LogP contribution < -0.4 is 15.2 Å². The number of nitrogens with zero attached hydrogens (tertiary/aromatic N) is 3. The van der Waals surface area contributed by atoms with Crippen LogP contribution in [0.25, 0.3) is 16.6 Å². The smallest absolute Gasteiger partial charge is 0.229 e. The lowest BCUT2D eigenvalue weighted by molar-refractivity contribution is 0.307. The van der Waals surface area contributed by atoms with Crippen molar-refractivity contribution < 1.29 is 17.5 Å². The van der Waals surface area contributed by atoms with Crippen molar-refractivity contribution in [1.29, 1.82) is 0 Å². The minimum absolute atomic E-state index is 0.0567. The van der Waals surface area contributed by atoms with Crippen LogP contribution in [0.3, 0.4) is 0 Å². The summed E-state index contributed by atoms with van der Waals surface area (Å²) in [4.78, 5) is 4.24. The third-order valence-electron chi connectivity index (χ3n) is 4.29. The molecule has 2 heterocycles. The zero-order valence-electron chi connectivity index (χ0n) is 15.9. The van der Waals surface area contributed by atoms with E-state index in [9.17, 15) is 12.8 Å². The maximum atomic E-state index is 13.5. The number of ether oxygens (including phenoxy) is 1. The lowest BCUT2D eigenvalue weighted by Crippen LogP contribution is -2.11. The van der Waals surface area contributed by atoms with Crippen LogP contribution in [0.4, 0.5) is 15.9 Å². The summed E-state index contributed by atoms with van der Waals surface area (Å²) >= 11 is 0. The van der Waals surface area contributed by atoms with E-state index in [0.717, 1.165) is 6.26 Å². The molecule has 8 nitrogen and oxygen atoms in total. The number of anilines is 2. The molecule has 0 bridgehead atoms. The minimum atomic E-state index is -3.44. The Balaban J connectivity index is 1.68. The van der Waals surface area contributed by atoms with Crippen molar-refractivity contribution in [1.82, 2.24) is 14.8 Å². The molecule has 10 heteroatoms. The zero-order chi connectivity index (χ0) is 21.3. The molecule has 2 aromatic carbocycles. The van der Waals surface area contributed by atoms with Gasteiger partial charge in [0.2, 0.25) is 10.0 Å². The molecule has 0 aliphatic carbocycles. The normalized spacial score (nSPS) is 11.5. The van der Waals surface area contributed by atoms with Gasteiger partial charge in [-0.1, -0.05) is 0 Å². The number of sulfonamides is 1. The van der Waals surface area contributed by atoms with Crippen molar-refractivity contribution >= 4 is 32.4 Å². The fraction of sp³-hybridized carbons (Fsp3) is 0.100. The van der Waals surface area contributed by atoms with Crippen LogP contribution in [0, 0.1) is 5.82 Å². The molecular formula is C20H18FN5O3S.